The fraction of sp³-hybridized carbons (Fsp3) is 0.100. The zero-order valence-electron chi connectivity index (χ0n) is 12.3. The second-order valence-electron chi connectivity index (χ2n) is 5.49. The van der Waals surface area contributed by atoms with Crippen molar-refractivity contribution in [1.82, 2.24) is 0 Å². The van der Waals surface area contributed by atoms with Crippen LogP contribution in [0.3, 0.4) is 0 Å². The number of rotatable bonds is 2. The number of hydrogen-bond donors (Lipinski definition) is 0. The van der Waals surface area contributed by atoms with Crippen molar-refractivity contribution >= 4 is 23.5 Å². The van der Waals surface area contributed by atoms with Gasteiger partial charge in [-0.05, 0) is 42.3 Å². The first-order valence-electron chi connectivity index (χ1n) is 7.40. The summed E-state index contributed by atoms with van der Waals surface area (Å²) in [6, 6.07) is 26.4. The van der Waals surface area contributed by atoms with Crippen LogP contribution in [0.15, 0.2) is 87.5 Å². The summed E-state index contributed by atoms with van der Waals surface area (Å²) in [6.45, 7) is 2.14. The van der Waals surface area contributed by atoms with Crippen LogP contribution in [-0.2, 0) is 0 Å². The maximum Gasteiger partial charge on any atom is 0.0616 e. The molecule has 1 aliphatic rings. The maximum atomic E-state index is 2.27. The predicted molar refractivity (Wildman–Crippen MR) is 95.9 cm³/mol. The highest BCUT2D eigenvalue weighted by molar-refractivity contribution is 8.01. The second kappa shape index (κ2) is 5.86. The molecule has 0 unspecified atom stereocenters. The van der Waals surface area contributed by atoms with E-state index >= 15 is 0 Å². The molecule has 0 N–H and O–H groups in total. The Kier molecular flexibility index (Phi) is 3.73. The molecule has 0 saturated heterocycles. The standard InChI is InChI=1S/C20H16S2/c1-14-10-12-15(13-11-14)21-20-16-6-2-4-8-18(16)22-19-9-5-3-7-17(19)20/h2-13,20H,1H3. The number of aryl methyl sites for hydroxylation is 1. The van der Waals surface area contributed by atoms with Crippen molar-refractivity contribution in [2.24, 2.45) is 0 Å². The summed E-state index contributed by atoms with van der Waals surface area (Å²) in [5, 5.41) is 0.372. The van der Waals surface area contributed by atoms with Crippen LogP contribution in [-0.4, -0.2) is 0 Å². The average Bonchev–Trinajstić information content (AvgIpc) is 2.56. The Hall–Kier alpha value is -1.64. The third kappa shape index (κ3) is 2.57. The zero-order chi connectivity index (χ0) is 14.9. The molecule has 3 aromatic rings. The lowest BCUT2D eigenvalue weighted by atomic mass is 10.0. The first kappa shape index (κ1) is 14.0. The van der Waals surface area contributed by atoms with Gasteiger partial charge in [0.2, 0.25) is 0 Å². The van der Waals surface area contributed by atoms with Crippen LogP contribution in [0, 0.1) is 6.92 Å². The quantitative estimate of drug-likeness (QED) is 0.540. The molecule has 4 rings (SSSR count). The molecule has 1 heterocycles. The molecular formula is C20H16S2. The molecule has 108 valence electrons. The van der Waals surface area contributed by atoms with Gasteiger partial charge in [-0.2, -0.15) is 0 Å². The van der Waals surface area contributed by atoms with Gasteiger partial charge in [0.25, 0.3) is 0 Å². The molecule has 0 saturated carbocycles. The van der Waals surface area contributed by atoms with Gasteiger partial charge in [-0.15, -0.1) is 11.8 Å². The molecule has 0 fully saturated rings. The average molecular weight is 320 g/mol. The van der Waals surface area contributed by atoms with Crippen LogP contribution >= 0.6 is 23.5 Å². The maximum absolute atomic E-state index is 2.27. The predicted octanol–water partition coefficient (Wildman–Crippen LogP) is 6.34. The molecule has 0 aromatic heterocycles. The summed E-state index contributed by atoms with van der Waals surface area (Å²) in [4.78, 5) is 4.09. The third-order valence-corrected chi connectivity index (χ3v) is 6.37. The number of benzene rings is 3. The summed E-state index contributed by atoms with van der Waals surface area (Å²) >= 11 is 3.83. The van der Waals surface area contributed by atoms with Gasteiger partial charge in [0.1, 0.15) is 0 Å². The van der Waals surface area contributed by atoms with Gasteiger partial charge in [0.15, 0.2) is 0 Å². The van der Waals surface area contributed by atoms with Crippen molar-refractivity contribution in [3.05, 3.63) is 89.5 Å². The Bertz CT molecular complexity index is 760. The highest BCUT2D eigenvalue weighted by Crippen LogP contribution is 2.51. The van der Waals surface area contributed by atoms with E-state index in [0.29, 0.717) is 5.25 Å². The van der Waals surface area contributed by atoms with Crippen molar-refractivity contribution in [2.45, 2.75) is 26.9 Å². The fourth-order valence-electron chi connectivity index (χ4n) is 2.75. The van der Waals surface area contributed by atoms with E-state index in [0.717, 1.165) is 0 Å². The Morgan fingerprint density at radius 3 is 1.86 bits per heavy atom. The van der Waals surface area contributed by atoms with Crippen LogP contribution in [0.4, 0.5) is 0 Å². The molecule has 0 amide bonds. The zero-order valence-corrected chi connectivity index (χ0v) is 14.0. The minimum atomic E-state index is 0.372. The SMILES string of the molecule is Cc1ccc(SC2c3ccccc3Sc3ccccc32)cc1. The number of hydrogen-bond acceptors (Lipinski definition) is 2. The smallest absolute Gasteiger partial charge is 0.0616 e. The lowest BCUT2D eigenvalue weighted by molar-refractivity contribution is 1.03. The van der Waals surface area contributed by atoms with E-state index in [2.05, 4.69) is 79.7 Å². The molecule has 0 bridgehead atoms. The Labute approximate surface area is 140 Å². The Morgan fingerprint density at radius 1 is 0.727 bits per heavy atom. The molecule has 0 spiro atoms. The van der Waals surface area contributed by atoms with Gasteiger partial charge in [-0.3, -0.25) is 0 Å². The number of fused-ring (bicyclic) bond motifs is 2. The largest absolute Gasteiger partial charge is 0.113 e. The summed E-state index contributed by atoms with van der Waals surface area (Å²) in [6.07, 6.45) is 0. The Morgan fingerprint density at radius 2 is 1.27 bits per heavy atom. The van der Waals surface area contributed by atoms with Gasteiger partial charge >= 0.3 is 0 Å². The molecule has 0 nitrogen and oxygen atoms in total. The lowest BCUT2D eigenvalue weighted by Crippen LogP contribution is -2.05. The second-order valence-corrected chi connectivity index (χ2v) is 7.75. The Balaban J connectivity index is 1.79. The van der Waals surface area contributed by atoms with Gasteiger partial charge in [-0.25, -0.2) is 0 Å². The third-order valence-electron chi connectivity index (χ3n) is 3.90. The molecule has 2 heteroatoms. The fourth-order valence-corrected chi connectivity index (χ4v) is 5.26. The first-order chi connectivity index (χ1) is 10.8. The van der Waals surface area contributed by atoms with Crippen molar-refractivity contribution in [3.8, 4) is 0 Å². The van der Waals surface area contributed by atoms with Crippen LogP contribution in [0.25, 0.3) is 0 Å². The van der Waals surface area contributed by atoms with Crippen molar-refractivity contribution < 1.29 is 0 Å². The minimum absolute atomic E-state index is 0.372. The highest BCUT2D eigenvalue weighted by atomic mass is 32.2. The van der Waals surface area contributed by atoms with E-state index in [1.54, 1.807) is 0 Å². The summed E-state index contributed by atoms with van der Waals surface area (Å²) in [5.74, 6) is 0. The van der Waals surface area contributed by atoms with Gasteiger partial charge in [0.05, 0.1) is 5.25 Å². The molecule has 0 atom stereocenters. The number of thioether (sulfide) groups is 1. The van der Waals surface area contributed by atoms with Crippen molar-refractivity contribution in [1.29, 1.82) is 0 Å². The van der Waals surface area contributed by atoms with Gasteiger partial charge in [-0.1, -0.05) is 65.9 Å². The first-order valence-corrected chi connectivity index (χ1v) is 9.10. The molecule has 0 aliphatic carbocycles. The minimum Gasteiger partial charge on any atom is -0.113 e. The van der Waals surface area contributed by atoms with E-state index in [1.807, 2.05) is 23.5 Å². The molecule has 1 aliphatic heterocycles. The normalized spacial score (nSPS) is 13.5. The van der Waals surface area contributed by atoms with Crippen LogP contribution in [0.5, 0.6) is 0 Å². The molecule has 3 aromatic carbocycles. The summed E-state index contributed by atoms with van der Waals surface area (Å²) in [5.41, 5.74) is 4.16. The van der Waals surface area contributed by atoms with Crippen molar-refractivity contribution in [2.75, 3.05) is 0 Å². The van der Waals surface area contributed by atoms with E-state index in [-0.39, 0.29) is 0 Å². The highest BCUT2D eigenvalue weighted by Gasteiger charge is 2.26. The topological polar surface area (TPSA) is 0 Å². The van der Waals surface area contributed by atoms with E-state index in [4.69, 9.17) is 0 Å². The molecule has 22 heavy (non-hydrogen) atoms. The lowest BCUT2D eigenvalue weighted by Gasteiger charge is -2.27. The summed E-state index contributed by atoms with van der Waals surface area (Å²) < 4.78 is 0. The monoisotopic (exact) mass is 320 g/mol. The van der Waals surface area contributed by atoms with E-state index in [1.165, 1.54) is 31.4 Å². The van der Waals surface area contributed by atoms with E-state index < -0.39 is 0 Å². The van der Waals surface area contributed by atoms with E-state index in [9.17, 15) is 0 Å². The van der Waals surface area contributed by atoms with Crippen molar-refractivity contribution in [3.63, 3.8) is 0 Å². The summed E-state index contributed by atoms with van der Waals surface area (Å²) in [7, 11) is 0. The molecule has 0 radical (unpaired) electrons. The van der Waals surface area contributed by atoms with Gasteiger partial charge < -0.3 is 0 Å². The van der Waals surface area contributed by atoms with Crippen LogP contribution < -0.4 is 0 Å². The van der Waals surface area contributed by atoms with Crippen LogP contribution in [0.2, 0.25) is 0 Å². The van der Waals surface area contributed by atoms with Crippen LogP contribution in [0.1, 0.15) is 21.9 Å². The van der Waals surface area contributed by atoms with Gasteiger partial charge in [0, 0.05) is 14.7 Å². The molecular weight excluding hydrogens is 304 g/mol.